The maximum absolute atomic E-state index is 12.1. The van der Waals surface area contributed by atoms with Crippen LogP contribution in [0.4, 0.5) is 11.6 Å². The van der Waals surface area contributed by atoms with Crippen molar-refractivity contribution >= 4 is 27.4 Å². The molecule has 7 nitrogen and oxygen atoms in total. The number of hydrogen-bond acceptors (Lipinski definition) is 6. The van der Waals surface area contributed by atoms with Gasteiger partial charge in [-0.25, -0.2) is 18.4 Å². The Morgan fingerprint density at radius 3 is 2.42 bits per heavy atom. The lowest BCUT2D eigenvalue weighted by Gasteiger charge is -2.10. The third kappa shape index (κ3) is 4.08. The van der Waals surface area contributed by atoms with E-state index in [2.05, 4.69) is 20.6 Å². The molecule has 0 saturated carbocycles. The molecule has 0 bridgehead atoms. The zero-order chi connectivity index (χ0) is 17.2. The van der Waals surface area contributed by atoms with Gasteiger partial charge in [-0.3, -0.25) is 4.79 Å². The number of aryl methyl sites for hydroxylation is 1. The van der Waals surface area contributed by atoms with Gasteiger partial charge in [0.2, 0.25) is 5.95 Å². The van der Waals surface area contributed by atoms with Crippen molar-refractivity contribution in [3.63, 3.8) is 0 Å². The summed E-state index contributed by atoms with van der Waals surface area (Å²) in [6, 6.07) is 7.44. The van der Waals surface area contributed by atoms with Crippen molar-refractivity contribution in [1.82, 2.24) is 15.3 Å². The molecule has 1 unspecified atom stereocenters. The highest BCUT2D eigenvalue weighted by Crippen LogP contribution is 2.14. The molecule has 1 atom stereocenters. The van der Waals surface area contributed by atoms with Gasteiger partial charge in [0.05, 0.1) is 17.1 Å². The van der Waals surface area contributed by atoms with Crippen LogP contribution in [0.15, 0.2) is 36.7 Å². The second-order valence-corrected chi connectivity index (χ2v) is 8.09. The van der Waals surface area contributed by atoms with Crippen LogP contribution < -0.4 is 10.6 Å². The molecule has 1 aliphatic heterocycles. The molecule has 1 amide bonds. The average Bonchev–Trinajstić information content (AvgIpc) is 2.89. The maximum Gasteiger partial charge on any atom is 0.254 e. The Balaban J connectivity index is 1.61. The minimum atomic E-state index is -3.02. The first-order valence-corrected chi connectivity index (χ1v) is 9.40. The number of benzene rings is 1. The van der Waals surface area contributed by atoms with E-state index in [0.29, 0.717) is 17.9 Å². The van der Waals surface area contributed by atoms with E-state index in [4.69, 9.17) is 0 Å². The summed E-state index contributed by atoms with van der Waals surface area (Å²) in [5.74, 6) is 0.137. The van der Waals surface area contributed by atoms with Gasteiger partial charge in [0.1, 0.15) is 0 Å². The van der Waals surface area contributed by atoms with Crippen LogP contribution in [0.5, 0.6) is 0 Å². The molecule has 2 N–H and O–H groups in total. The number of nitrogens with one attached hydrogen (secondary N) is 2. The van der Waals surface area contributed by atoms with Crippen molar-refractivity contribution in [3.05, 3.63) is 47.8 Å². The molecule has 0 aliphatic carbocycles. The largest absolute Gasteiger partial charge is 0.348 e. The van der Waals surface area contributed by atoms with Crippen molar-refractivity contribution in [2.45, 2.75) is 19.4 Å². The summed E-state index contributed by atoms with van der Waals surface area (Å²) < 4.78 is 22.8. The summed E-state index contributed by atoms with van der Waals surface area (Å²) in [5.41, 5.74) is 2.31. The summed E-state index contributed by atoms with van der Waals surface area (Å²) in [4.78, 5) is 20.4. The highest BCUT2D eigenvalue weighted by molar-refractivity contribution is 7.91. The number of rotatable bonds is 4. The van der Waals surface area contributed by atoms with E-state index in [-0.39, 0.29) is 23.5 Å². The molecule has 2 aromatic rings. The third-order valence-electron chi connectivity index (χ3n) is 3.79. The number of hydrogen-bond donors (Lipinski definition) is 2. The number of anilines is 2. The third-order valence-corrected chi connectivity index (χ3v) is 5.56. The molecular formula is C16H18N4O3S. The molecule has 0 radical (unpaired) electrons. The Bertz CT molecular complexity index is 833. The Morgan fingerprint density at radius 1 is 1.17 bits per heavy atom. The van der Waals surface area contributed by atoms with Gasteiger partial charge in [0, 0.05) is 24.1 Å². The van der Waals surface area contributed by atoms with Crippen molar-refractivity contribution < 1.29 is 13.2 Å². The standard InChI is InChI=1S/C16H18N4O3S/c1-11-2-4-13(5-3-11)20-16-17-8-12(9-18-16)15(21)19-14-6-7-24(22,23)10-14/h2-5,8-9,14H,6-7,10H2,1H3,(H,19,21)(H,17,18,20). The fraction of sp³-hybridized carbons (Fsp3) is 0.312. The molecule has 1 saturated heterocycles. The molecule has 24 heavy (non-hydrogen) atoms. The normalized spacial score (nSPS) is 19.0. The second-order valence-electron chi connectivity index (χ2n) is 5.86. The van der Waals surface area contributed by atoms with Gasteiger partial charge >= 0.3 is 0 Å². The molecule has 2 heterocycles. The minimum absolute atomic E-state index is 0.00728. The Morgan fingerprint density at radius 2 is 1.83 bits per heavy atom. The highest BCUT2D eigenvalue weighted by Gasteiger charge is 2.29. The zero-order valence-corrected chi connectivity index (χ0v) is 14.0. The molecule has 1 aromatic carbocycles. The molecule has 126 valence electrons. The Kier molecular flexibility index (Phi) is 4.48. The number of carbonyl (C=O) groups is 1. The fourth-order valence-corrected chi connectivity index (χ4v) is 4.13. The number of nitrogens with zero attached hydrogens (tertiary/aromatic N) is 2. The van der Waals surface area contributed by atoms with E-state index in [1.807, 2.05) is 31.2 Å². The zero-order valence-electron chi connectivity index (χ0n) is 13.2. The minimum Gasteiger partial charge on any atom is -0.348 e. The molecule has 1 aliphatic rings. The van der Waals surface area contributed by atoms with E-state index in [1.165, 1.54) is 12.4 Å². The lowest BCUT2D eigenvalue weighted by atomic mass is 10.2. The molecule has 8 heteroatoms. The molecule has 1 aromatic heterocycles. The summed E-state index contributed by atoms with van der Waals surface area (Å²) in [7, 11) is -3.02. The van der Waals surface area contributed by atoms with Gasteiger partial charge in [0.25, 0.3) is 5.91 Å². The average molecular weight is 346 g/mol. The lowest BCUT2D eigenvalue weighted by molar-refractivity contribution is 0.0940. The van der Waals surface area contributed by atoms with Crippen LogP contribution in [-0.2, 0) is 9.84 Å². The molecule has 0 spiro atoms. The van der Waals surface area contributed by atoms with Gasteiger partial charge in [-0.2, -0.15) is 0 Å². The Labute approximate surface area is 140 Å². The van der Waals surface area contributed by atoms with Crippen molar-refractivity contribution in [2.24, 2.45) is 0 Å². The van der Waals surface area contributed by atoms with E-state index in [0.717, 1.165) is 11.3 Å². The predicted molar refractivity (Wildman–Crippen MR) is 91.0 cm³/mol. The van der Waals surface area contributed by atoms with Gasteiger partial charge in [0.15, 0.2) is 9.84 Å². The van der Waals surface area contributed by atoms with E-state index >= 15 is 0 Å². The van der Waals surface area contributed by atoms with Gasteiger partial charge < -0.3 is 10.6 Å². The first kappa shape index (κ1) is 16.4. The highest BCUT2D eigenvalue weighted by atomic mass is 32.2. The number of amides is 1. The first-order valence-electron chi connectivity index (χ1n) is 7.58. The van der Waals surface area contributed by atoms with Crippen LogP contribution in [0.25, 0.3) is 0 Å². The van der Waals surface area contributed by atoms with Crippen LogP contribution in [0, 0.1) is 6.92 Å². The summed E-state index contributed by atoms with van der Waals surface area (Å²) in [6.07, 6.45) is 3.28. The van der Waals surface area contributed by atoms with Crippen molar-refractivity contribution in [2.75, 3.05) is 16.8 Å². The first-order chi connectivity index (χ1) is 11.4. The molecule has 1 fully saturated rings. The van der Waals surface area contributed by atoms with Gasteiger partial charge in [-0.1, -0.05) is 17.7 Å². The van der Waals surface area contributed by atoms with Crippen LogP contribution in [0.1, 0.15) is 22.3 Å². The summed E-state index contributed by atoms with van der Waals surface area (Å²) >= 11 is 0. The van der Waals surface area contributed by atoms with E-state index in [9.17, 15) is 13.2 Å². The Hall–Kier alpha value is -2.48. The van der Waals surface area contributed by atoms with E-state index in [1.54, 1.807) is 0 Å². The van der Waals surface area contributed by atoms with Crippen LogP contribution in [0.2, 0.25) is 0 Å². The van der Waals surface area contributed by atoms with Crippen LogP contribution >= 0.6 is 0 Å². The van der Waals surface area contributed by atoms with Gasteiger partial charge in [-0.05, 0) is 25.5 Å². The summed E-state index contributed by atoms with van der Waals surface area (Å²) in [5, 5.41) is 5.76. The van der Waals surface area contributed by atoms with E-state index < -0.39 is 9.84 Å². The SMILES string of the molecule is Cc1ccc(Nc2ncc(C(=O)NC3CCS(=O)(=O)C3)cn2)cc1. The molecule has 3 rings (SSSR count). The quantitative estimate of drug-likeness (QED) is 0.869. The maximum atomic E-state index is 12.1. The number of carbonyl (C=O) groups excluding carboxylic acids is 1. The molecular weight excluding hydrogens is 328 g/mol. The topological polar surface area (TPSA) is 101 Å². The van der Waals surface area contributed by atoms with Crippen molar-refractivity contribution in [3.8, 4) is 0 Å². The number of sulfone groups is 1. The summed E-state index contributed by atoms with van der Waals surface area (Å²) in [6.45, 7) is 2.00. The predicted octanol–water partition coefficient (Wildman–Crippen LogP) is 1.45. The monoisotopic (exact) mass is 346 g/mol. The van der Waals surface area contributed by atoms with Crippen molar-refractivity contribution in [1.29, 1.82) is 0 Å². The number of aromatic nitrogens is 2. The van der Waals surface area contributed by atoms with Gasteiger partial charge in [-0.15, -0.1) is 0 Å². The smallest absolute Gasteiger partial charge is 0.254 e. The lowest BCUT2D eigenvalue weighted by Crippen LogP contribution is -2.35. The second kappa shape index (κ2) is 6.56. The van der Waals surface area contributed by atoms with Crippen LogP contribution in [-0.4, -0.2) is 41.8 Å². The van der Waals surface area contributed by atoms with Crippen LogP contribution in [0.3, 0.4) is 0 Å². The fourth-order valence-electron chi connectivity index (χ4n) is 2.45.